The Hall–Kier alpha value is -2.40. The lowest BCUT2D eigenvalue weighted by molar-refractivity contribution is 0.200. The van der Waals surface area contributed by atoms with Crippen LogP contribution in [0.25, 0.3) is 10.2 Å². The van der Waals surface area contributed by atoms with Gasteiger partial charge in [-0.2, -0.15) is 0 Å². The van der Waals surface area contributed by atoms with Crippen molar-refractivity contribution in [1.29, 1.82) is 0 Å². The molecule has 0 saturated carbocycles. The predicted octanol–water partition coefficient (Wildman–Crippen LogP) is 3.58. The number of amides is 1. The number of para-hydroxylation sites is 2. The number of hydrogen-bond donors (Lipinski definition) is 1. The zero-order chi connectivity index (χ0) is 13.8. The number of aromatic nitrogens is 1. The minimum Gasteiger partial charge on any atom is -0.410 e. The number of hydrogen-bond acceptors (Lipinski definition) is 4. The van der Waals surface area contributed by atoms with Crippen LogP contribution in [0, 0.1) is 0 Å². The average molecular weight is 284 g/mol. The Kier molecular flexibility index (Phi) is 3.60. The molecule has 1 N–H and O–H groups in total. The van der Waals surface area contributed by atoms with Gasteiger partial charge in [-0.05, 0) is 24.3 Å². The normalized spacial score (nSPS) is 10.4. The fourth-order valence-electron chi connectivity index (χ4n) is 1.77. The van der Waals surface area contributed by atoms with Gasteiger partial charge in [0.1, 0.15) is 10.8 Å². The lowest BCUT2D eigenvalue weighted by Crippen LogP contribution is -2.26. The Balaban J connectivity index is 1.60. The van der Waals surface area contributed by atoms with Crippen LogP contribution in [0.2, 0.25) is 0 Å². The van der Waals surface area contributed by atoms with Crippen LogP contribution in [0.3, 0.4) is 0 Å². The zero-order valence-electron chi connectivity index (χ0n) is 10.6. The third-order valence-electron chi connectivity index (χ3n) is 2.68. The molecule has 0 bridgehead atoms. The first-order chi connectivity index (χ1) is 9.81. The largest absolute Gasteiger partial charge is 0.412 e. The maximum atomic E-state index is 11.6. The number of nitrogens with one attached hydrogen (secondary N) is 1. The van der Waals surface area contributed by atoms with Crippen LogP contribution >= 0.6 is 11.3 Å². The van der Waals surface area contributed by atoms with E-state index in [1.807, 2.05) is 42.5 Å². The first kappa shape index (κ1) is 12.6. The number of benzene rings is 2. The number of carbonyl (C=O) groups is 1. The maximum absolute atomic E-state index is 11.6. The van der Waals surface area contributed by atoms with Gasteiger partial charge in [0.05, 0.1) is 16.8 Å². The minimum absolute atomic E-state index is 0.366. The summed E-state index contributed by atoms with van der Waals surface area (Å²) in [6, 6.07) is 16.9. The molecule has 1 heterocycles. The smallest absolute Gasteiger partial charge is 0.410 e. The standard InChI is InChI=1S/C15H12N2O2S/c18-15(19-11-6-2-1-3-7-11)16-10-14-17-12-8-4-5-9-13(12)20-14/h1-9H,10H2,(H,16,18). The van der Waals surface area contributed by atoms with Crippen molar-refractivity contribution in [3.8, 4) is 5.75 Å². The fourth-order valence-corrected chi connectivity index (χ4v) is 2.68. The summed E-state index contributed by atoms with van der Waals surface area (Å²) in [6.07, 6.45) is -0.476. The SMILES string of the molecule is O=C(NCc1nc2ccccc2s1)Oc1ccccc1. The van der Waals surface area contributed by atoms with Crippen molar-refractivity contribution in [2.45, 2.75) is 6.54 Å². The third-order valence-corrected chi connectivity index (χ3v) is 3.71. The van der Waals surface area contributed by atoms with E-state index < -0.39 is 6.09 Å². The van der Waals surface area contributed by atoms with Gasteiger partial charge in [-0.15, -0.1) is 11.3 Å². The Bertz CT molecular complexity index is 692. The number of nitrogens with zero attached hydrogens (tertiary/aromatic N) is 1. The molecule has 0 fully saturated rings. The lowest BCUT2D eigenvalue weighted by Gasteiger charge is -2.04. The van der Waals surface area contributed by atoms with E-state index in [-0.39, 0.29) is 0 Å². The number of ether oxygens (including phenoxy) is 1. The van der Waals surface area contributed by atoms with E-state index in [0.717, 1.165) is 15.2 Å². The van der Waals surface area contributed by atoms with E-state index >= 15 is 0 Å². The molecule has 2 aromatic carbocycles. The second-order valence-corrected chi connectivity index (χ2v) is 5.25. The first-order valence-corrected chi connectivity index (χ1v) is 6.98. The van der Waals surface area contributed by atoms with Crippen molar-refractivity contribution >= 4 is 27.6 Å². The molecular formula is C15H12N2O2S. The monoisotopic (exact) mass is 284 g/mol. The zero-order valence-corrected chi connectivity index (χ0v) is 11.4. The Labute approximate surface area is 120 Å². The van der Waals surface area contributed by atoms with Crippen LogP contribution in [-0.2, 0) is 6.54 Å². The summed E-state index contributed by atoms with van der Waals surface area (Å²) < 4.78 is 6.25. The van der Waals surface area contributed by atoms with Gasteiger partial charge in [-0.25, -0.2) is 9.78 Å². The molecule has 1 amide bonds. The molecule has 0 unspecified atom stereocenters. The highest BCUT2D eigenvalue weighted by atomic mass is 32.1. The highest BCUT2D eigenvalue weighted by Crippen LogP contribution is 2.21. The minimum atomic E-state index is -0.476. The third kappa shape index (κ3) is 2.95. The van der Waals surface area contributed by atoms with Crippen LogP contribution in [0.15, 0.2) is 54.6 Å². The summed E-state index contributed by atoms with van der Waals surface area (Å²) in [5.74, 6) is 0.522. The molecule has 0 spiro atoms. The Morgan fingerprint density at radius 2 is 1.85 bits per heavy atom. The number of rotatable bonds is 3. The van der Waals surface area contributed by atoms with Crippen molar-refractivity contribution in [1.82, 2.24) is 10.3 Å². The number of carbonyl (C=O) groups excluding carboxylic acids is 1. The molecule has 0 atom stereocenters. The second-order valence-electron chi connectivity index (χ2n) is 4.13. The quantitative estimate of drug-likeness (QED) is 0.799. The molecule has 0 saturated heterocycles. The fraction of sp³-hybridized carbons (Fsp3) is 0.0667. The molecule has 0 aliphatic heterocycles. The molecule has 3 aromatic rings. The second kappa shape index (κ2) is 5.71. The number of fused-ring (bicyclic) bond motifs is 1. The Morgan fingerprint density at radius 3 is 2.65 bits per heavy atom. The van der Waals surface area contributed by atoms with E-state index in [0.29, 0.717) is 12.3 Å². The summed E-state index contributed by atoms with van der Waals surface area (Å²) in [5, 5.41) is 3.55. The van der Waals surface area contributed by atoms with Gasteiger partial charge in [-0.3, -0.25) is 0 Å². The van der Waals surface area contributed by atoms with Gasteiger partial charge >= 0.3 is 6.09 Å². The van der Waals surface area contributed by atoms with Crippen LogP contribution < -0.4 is 10.1 Å². The van der Waals surface area contributed by atoms with Crippen molar-refractivity contribution in [2.75, 3.05) is 0 Å². The molecule has 5 heteroatoms. The van der Waals surface area contributed by atoms with Gasteiger partial charge in [0.15, 0.2) is 0 Å². The van der Waals surface area contributed by atoms with E-state index in [1.54, 1.807) is 23.5 Å². The molecule has 0 aliphatic rings. The van der Waals surface area contributed by atoms with Gasteiger partial charge in [0, 0.05) is 0 Å². The Morgan fingerprint density at radius 1 is 1.10 bits per heavy atom. The summed E-state index contributed by atoms with van der Waals surface area (Å²) in [6.45, 7) is 0.366. The molecular weight excluding hydrogens is 272 g/mol. The molecule has 3 rings (SSSR count). The van der Waals surface area contributed by atoms with Crippen LogP contribution in [0.5, 0.6) is 5.75 Å². The van der Waals surface area contributed by atoms with Crippen molar-refractivity contribution < 1.29 is 9.53 Å². The lowest BCUT2D eigenvalue weighted by atomic mass is 10.3. The molecule has 4 nitrogen and oxygen atoms in total. The number of thiazole rings is 1. The molecule has 0 aliphatic carbocycles. The summed E-state index contributed by atoms with van der Waals surface area (Å²) in [4.78, 5) is 16.1. The molecule has 1 aromatic heterocycles. The molecule has 100 valence electrons. The summed E-state index contributed by atoms with van der Waals surface area (Å²) in [7, 11) is 0. The highest BCUT2D eigenvalue weighted by Gasteiger charge is 2.07. The van der Waals surface area contributed by atoms with Crippen molar-refractivity contribution in [3.05, 3.63) is 59.6 Å². The first-order valence-electron chi connectivity index (χ1n) is 6.16. The molecule has 20 heavy (non-hydrogen) atoms. The van der Waals surface area contributed by atoms with Crippen LogP contribution in [-0.4, -0.2) is 11.1 Å². The summed E-state index contributed by atoms with van der Waals surface area (Å²) in [5.41, 5.74) is 0.950. The van der Waals surface area contributed by atoms with Crippen LogP contribution in [0.1, 0.15) is 5.01 Å². The summed E-state index contributed by atoms with van der Waals surface area (Å²) >= 11 is 1.56. The van der Waals surface area contributed by atoms with E-state index in [2.05, 4.69) is 10.3 Å². The van der Waals surface area contributed by atoms with Gasteiger partial charge < -0.3 is 10.1 Å². The van der Waals surface area contributed by atoms with Gasteiger partial charge in [0.2, 0.25) is 0 Å². The van der Waals surface area contributed by atoms with Gasteiger partial charge in [0.25, 0.3) is 0 Å². The van der Waals surface area contributed by atoms with E-state index in [4.69, 9.17) is 4.74 Å². The van der Waals surface area contributed by atoms with Gasteiger partial charge in [-0.1, -0.05) is 30.3 Å². The van der Waals surface area contributed by atoms with Crippen molar-refractivity contribution in [3.63, 3.8) is 0 Å². The van der Waals surface area contributed by atoms with Crippen molar-refractivity contribution in [2.24, 2.45) is 0 Å². The highest BCUT2D eigenvalue weighted by molar-refractivity contribution is 7.18. The average Bonchev–Trinajstić information content (AvgIpc) is 2.89. The van der Waals surface area contributed by atoms with E-state index in [1.165, 1.54) is 0 Å². The topological polar surface area (TPSA) is 51.2 Å². The van der Waals surface area contributed by atoms with E-state index in [9.17, 15) is 4.79 Å². The molecule has 0 radical (unpaired) electrons. The van der Waals surface area contributed by atoms with Crippen LogP contribution in [0.4, 0.5) is 4.79 Å². The predicted molar refractivity (Wildman–Crippen MR) is 78.9 cm³/mol. The maximum Gasteiger partial charge on any atom is 0.412 e.